The first-order chi connectivity index (χ1) is 11.7. The van der Waals surface area contributed by atoms with Crippen LogP contribution in [0.1, 0.15) is 17.5 Å². The van der Waals surface area contributed by atoms with Gasteiger partial charge in [-0.05, 0) is 36.6 Å². The van der Waals surface area contributed by atoms with Crippen LogP contribution in [-0.2, 0) is 11.2 Å². The molecule has 0 aliphatic carbocycles. The lowest BCUT2D eigenvalue weighted by molar-refractivity contribution is -0.117. The lowest BCUT2D eigenvalue weighted by Crippen LogP contribution is -2.26. The standard InChI is InChI=1S/C18H17N3OS2/c1-13(11-16-3-2-10-23-16)17(22)20-9-6-15-12-24-18(21-15)14-4-7-19-8-5-14/h2-5,7-8,10-12H,6,9H2,1H3,(H,20,22)/b13-11+. The maximum Gasteiger partial charge on any atom is 0.246 e. The lowest BCUT2D eigenvalue weighted by atomic mass is 10.2. The van der Waals surface area contributed by atoms with E-state index in [1.54, 1.807) is 35.1 Å². The maximum atomic E-state index is 12.1. The fourth-order valence-electron chi connectivity index (χ4n) is 2.14. The van der Waals surface area contributed by atoms with E-state index in [4.69, 9.17) is 0 Å². The van der Waals surface area contributed by atoms with Crippen molar-refractivity contribution in [1.29, 1.82) is 0 Å². The van der Waals surface area contributed by atoms with Crippen LogP contribution in [-0.4, -0.2) is 22.4 Å². The molecule has 0 saturated carbocycles. The van der Waals surface area contributed by atoms with Crippen LogP contribution in [0.2, 0.25) is 0 Å². The van der Waals surface area contributed by atoms with Gasteiger partial charge in [-0.1, -0.05) is 6.07 Å². The summed E-state index contributed by atoms with van der Waals surface area (Å²) in [5.41, 5.74) is 2.78. The number of nitrogens with zero attached hydrogens (tertiary/aromatic N) is 2. The highest BCUT2D eigenvalue weighted by atomic mass is 32.1. The number of amides is 1. The van der Waals surface area contributed by atoms with Crippen LogP contribution < -0.4 is 5.32 Å². The minimum absolute atomic E-state index is 0.0343. The molecule has 0 aliphatic rings. The third-order valence-electron chi connectivity index (χ3n) is 3.41. The molecule has 0 unspecified atom stereocenters. The van der Waals surface area contributed by atoms with E-state index in [0.717, 1.165) is 27.6 Å². The Bertz CT molecular complexity index is 823. The van der Waals surface area contributed by atoms with Crippen LogP contribution in [0, 0.1) is 0 Å². The minimum atomic E-state index is -0.0343. The summed E-state index contributed by atoms with van der Waals surface area (Å²) < 4.78 is 0. The molecule has 4 nitrogen and oxygen atoms in total. The van der Waals surface area contributed by atoms with E-state index in [0.29, 0.717) is 12.1 Å². The van der Waals surface area contributed by atoms with Crippen molar-refractivity contribution in [3.63, 3.8) is 0 Å². The number of rotatable bonds is 6. The molecule has 3 aromatic heterocycles. The highest BCUT2D eigenvalue weighted by Crippen LogP contribution is 2.22. The third-order valence-corrected chi connectivity index (χ3v) is 5.17. The smallest absolute Gasteiger partial charge is 0.246 e. The molecule has 0 aromatic carbocycles. The summed E-state index contributed by atoms with van der Waals surface area (Å²) >= 11 is 3.23. The quantitative estimate of drug-likeness (QED) is 0.679. The zero-order valence-corrected chi connectivity index (χ0v) is 14.9. The van der Waals surface area contributed by atoms with Gasteiger partial charge in [0.05, 0.1) is 5.69 Å². The van der Waals surface area contributed by atoms with Crippen LogP contribution in [0.4, 0.5) is 0 Å². The van der Waals surface area contributed by atoms with Gasteiger partial charge in [-0.15, -0.1) is 22.7 Å². The van der Waals surface area contributed by atoms with Gasteiger partial charge >= 0.3 is 0 Å². The van der Waals surface area contributed by atoms with Gasteiger partial charge in [0.2, 0.25) is 5.91 Å². The summed E-state index contributed by atoms with van der Waals surface area (Å²) in [4.78, 5) is 21.8. The molecular weight excluding hydrogens is 338 g/mol. The Balaban J connectivity index is 1.52. The summed E-state index contributed by atoms with van der Waals surface area (Å²) in [5, 5.41) is 7.96. The van der Waals surface area contributed by atoms with Crippen molar-refractivity contribution in [2.75, 3.05) is 6.54 Å². The Morgan fingerprint density at radius 1 is 1.25 bits per heavy atom. The summed E-state index contributed by atoms with van der Waals surface area (Å²) in [5.74, 6) is -0.0343. The number of carbonyl (C=O) groups excluding carboxylic acids is 1. The van der Waals surface area contributed by atoms with Crippen molar-refractivity contribution in [3.8, 4) is 10.6 Å². The van der Waals surface area contributed by atoms with Crippen molar-refractivity contribution in [3.05, 3.63) is 63.6 Å². The molecule has 6 heteroatoms. The predicted octanol–water partition coefficient (Wildman–Crippen LogP) is 4.03. The molecule has 0 radical (unpaired) electrons. The first-order valence-corrected chi connectivity index (χ1v) is 9.33. The highest BCUT2D eigenvalue weighted by Gasteiger charge is 2.07. The first-order valence-electron chi connectivity index (χ1n) is 7.57. The lowest BCUT2D eigenvalue weighted by Gasteiger charge is -2.04. The van der Waals surface area contributed by atoms with Gasteiger partial charge in [0.1, 0.15) is 5.01 Å². The van der Waals surface area contributed by atoms with Crippen LogP contribution in [0.3, 0.4) is 0 Å². The maximum absolute atomic E-state index is 12.1. The van der Waals surface area contributed by atoms with Crippen LogP contribution in [0.15, 0.2) is 53.0 Å². The Labute approximate surface area is 148 Å². The molecule has 3 heterocycles. The first kappa shape index (κ1) is 16.5. The highest BCUT2D eigenvalue weighted by molar-refractivity contribution is 7.13. The van der Waals surface area contributed by atoms with Crippen molar-refractivity contribution >= 4 is 34.7 Å². The molecule has 122 valence electrons. The fraction of sp³-hybridized carbons (Fsp3) is 0.167. The Morgan fingerprint density at radius 3 is 2.83 bits per heavy atom. The third kappa shape index (κ3) is 4.37. The molecule has 1 N–H and O–H groups in total. The summed E-state index contributed by atoms with van der Waals surface area (Å²) in [6.07, 6.45) is 6.16. The molecule has 0 saturated heterocycles. The number of carbonyl (C=O) groups is 1. The van der Waals surface area contributed by atoms with E-state index < -0.39 is 0 Å². The van der Waals surface area contributed by atoms with Gasteiger partial charge in [0.25, 0.3) is 0 Å². The molecule has 1 amide bonds. The molecule has 24 heavy (non-hydrogen) atoms. The Morgan fingerprint density at radius 2 is 2.08 bits per heavy atom. The van der Waals surface area contributed by atoms with Crippen LogP contribution in [0.5, 0.6) is 0 Å². The summed E-state index contributed by atoms with van der Waals surface area (Å²) in [7, 11) is 0. The zero-order chi connectivity index (χ0) is 16.8. The van der Waals surface area contributed by atoms with E-state index in [1.165, 1.54) is 0 Å². The minimum Gasteiger partial charge on any atom is -0.352 e. The van der Waals surface area contributed by atoms with E-state index in [2.05, 4.69) is 15.3 Å². The molecule has 3 aromatic rings. The molecule has 0 bridgehead atoms. The number of hydrogen-bond donors (Lipinski definition) is 1. The van der Waals surface area contributed by atoms with Gasteiger partial charge in [0.15, 0.2) is 0 Å². The number of nitrogens with one attached hydrogen (secondary N) is 1. The molecule has 0 atom stereocenters. The number of aromatic nitrogens is 2. The van der Waals surface area contributed by atoms with Gasteiger partial charge in [-0.25, -0.2) is 4.98 Å². The number of pyridine rings is 1. The predicted molar refractivity (Wildman–Crippen MR) is 100 cm³/mol. The molecule has 0 fully saturated rings. The van der Waals surface area contributed by atoms with Crippen molar-refractivity contribution < 1.29 is 4.79 Å². The van der Waals surface area contributed by atoms with Gasteiger partial charge < -0.3 is 5.32 Å². The molecule has 0 aliphatic heterocycles. The fourth-order valence-corrected chi connectivity index (χ4v) is 3.72. The van der Waals surface area contributed by atoms with Crippen molar-refractivity contribution in [2.24, 2.45) is 0 Å². The largest absolute Gasteiger partial charge is 0.352 e. The second-order valence-corrected chi connectivity index (χ2v) is 7.07. The zero-order valence-electron chi connectivity index (χ0n) is 13.2. The van der Waals surface area contributed by atoms with Gasteiger partial charge in [-0.2, -0.15) is 0 Å². The second kappa shape index (κ2) is 7.99. The van der Waals surface area contributed by atoms with E-state index in [1.807, 2.05) is 48.0 Å². The van der Waals surface area contributed by atoms with Gasteiger partial charge in [-0.3, -0.25) is 9.78 Å². The summed E-state index contributed by atoms with van der Waals surface area (Å²) in [6.45, 7) is 2.41. The Kier molecular flexibility index (Phi) is 5.51. The van der Waals surface area contributed by atoms with Crippen molar-refractivity contribution in [2.45, 2.75) is 13.3 Å². The van der Waals surface area contributed by atoms with Crippen molar-refractivity contribution in [1.82, 2.24) is 15.3 Å². The second-order valence-electron chi connectivity index (χ2n) is 5.23. The van der Waals surface area contributed by atoms with Crippen LogP contribution >= 0.6 is 22.7 Å². The number of hydrogen-bond acceptors (Lipinski definition) is 5. The monoisotopic (exact) mass is 355 g/mol. The average molecular weight is 355 g/mol. The van der Waals surface area contributed by atoms with E-state index >= 15 is 0 Å². The molecule has 3 rings (SSSR count). The van der Waals surface area contributed by atoms with Gasteiger partial charge in [0, 0.05) is 46.8 Å². The number of thiophene rings is 1. The average Bonchev–Trinajstić information content (AvgIpc) is 3.27. The Hall–Kier alpha value is -2.31. The van der Waals surface area contributed by atoms with E-state index in [9.17, 15) is 4.79 Å². The number of thiazole rings is 1. The van der Waals surface area contributed by atoms with Crippen LogP contribution in [0.25, 0.3) is 16.6 Å². The topological polar surface area (TPSA) is 54.9 Å². The SMILES string of the molecule is C/C(=C\c1cccs1)C(=O)NCCc1csc(-c2ccncc2)n1. The summed E-state index contributed by atoms with van der Waals surface area (Å²) in [6, 6.07) is 7.87. The van der Waals surface area contributed by atoms with E-state index in [-0.39, 0.29) is 5.91 Å². The molecular formula is C18H17N3OS2. The normalized spacial score (nSPS) is 11.5. The molecule has 0 spiro atoms.